The van der Waals surface area contributed by atoms with Crippen molar-refractivity contribution in [2.45, 2.75) is 38.2 Å². The zero-order valence-corrected chi connectivity index (χ0v) is 15.2. The summed E-state index contributed by atoms with van der Waals surface area (Å²) in [6, 6.07) is 5.85. The van der Waals surface area contributed by atoms with Gasteiger partial charge in [-0.15, -0.1) is 0 Å². The van der Waals surface area contributed by atoms with E-state index in [2.05, 4.69) is 5.10 Å². The van der Waals surface area contributed by atoms with Gasteiger partial charge in [-0.3, -0.25) is 4.79 Å². The molecule has 2 aromatic rings. The number of carbonyl (C=O) groups is 2. The molecule has 144 valence electrons. The van der Waals surface area contributed by atoms with Crippen LogP contribution in [0.1, 0.15) is 48.7 Å². The Morgan fingerprint density at radius 3 is 2.30 bits per heavy atom. The second-order valence-corrected chi connectivity index (χ2v) is 7.12. The van der Waals surface area contributed by atoms with E-state index in [1.165, 1.54) is 23.2 Å². The molecule has 1 aliphatic rings. The maximum atomic E-state index is 13.2. The van der Waals surface area contributed by atoms with Gasteiger partial charge in [-0.1, -0.05) is 13.8 Å². The van der Waals surface area contributed by atoms with E-state index in [1.807, 2.05) is 13.8 Å². The first kappa shape index (κ1) is 19.0. The molecule has 1 amide bonds. The van der Waals surface area contributed by atoms with Crippen LogP contribution in [0.4, 0.5) is 4.39 Å². The number of aliphatic carboxylic acids is 1. The average Bonchev–Trinajstić information content (AvgIpc) is 3.07. The Labute approximate surface area is 156 Å². The van der Waals surface area contributed by atoms with Crippen LogP contribution < -0.4 is 0 Å². The highest BCUT2D eigenvalue weighted by Gasteiger charge is 2.41. The molecule has 1 aromatic carbocycles. The van der Waals surface area contributed by atoms with Crippen molar-refractivity contribution in [1.82, 2.24) is 14.7 Å². The fraction of sp³-hybridized carbons (Fsp3) is 0.421. The normalized spacial score (nSPS) is 16.6. The third kappa shape index (κ3) is 3.57. The number of aliphatic hydroxyl groups is 1. The van der Waals surface area contributed by atoms with Crippen molar-refractivity contribution >= 4 is 11.9 Å². The molecule has 0 bridgehead atoms. The molecule has 3 rings (SSSR count). The predicted octanol–water partition coefficient (Wildman–Crippen LogP) is 2.19. The highest BCUT2D eigenvalue weighted by molar-refractivity contribution is 5.95. The maximum Gasteiger partial charge on any atom is 0.335 e. The van der Waals surface area contributed by atoms with Crippen LogP contribution in [0.3, 0.4) is 0 Å². The van der Waals surface area contributed by atoms with Gasteiger partial charge in [0.1, 0.15) is 5.82 Å². The summed E-state index contributed by atoms with van der Waals surface area (Å²) in [7, 11) is 0. The highest BCUT2D eigenvalue weighted by Crippen LogP contribution is 2.27. The van der Waals surface area contributed by atoms with E-state index in [0.29, 0.717) is 16.9 Å². The Morgan fingerprint density at radius 1 is 1.19 bits per heavy atom. The summed E-state index contributed by atoms with van der Waals surface area (Å²) in [5.74, 6) is -1.88. The standard InChI is InChI=1S/C19H22FN3O4/c1-12(2)16-15(11-21-23(16)14-5-3-13(20)4-6-14)17(24)22-9-7-19(27,8-10-22)18(25)26/h3-6,11-12,27H,7-10H2,1-2H3,(H,25,26). The van der Waals surface area contributed by atoms with Crippen LogP contribution in [0.15, 0.2) is 30.5 Å². The van der Waals surface area contributed by atoms with E-state index in [-0.39, 0.29) is 43.6 Å². The first-order chi connectivity index (χ1) is 12.7. The summed E-state index contributed by atoms with van der Waals surface area (Å²) in [4.78, 5) is 25.7. The number of nitrogens with zero attached hydrogens (tertiary/aromatic N) is 3. The number of rotatable bonds is 4. The lowest BCUT2D eigenvalue weighted by Crippen LogP contribution is -2.50. The molecule has 8 heteroatoms. The van der Waals surface area contributed by atoms with Gasteiger partial charge in [0.15, 0.2) is 5.60 Å². The molecule has 1 saturated heterocycles. The van der Waals surface area contributed by atoms with Crippen molar-refractivity contribution in [2.75, 3.05) is 13.1 Å². The number of carboxylic acids is 1. The van der Waals surface area contributed by atoms with Gasteiger partial charge in [0.05, 0.1) is 23.1 Å². The minimum Gasteiger partial charge on any atom is -0.479 e. The molecule has 0 saturated carbocycles. The van der Waals surface area contributed by atoms with E-state index >= 15 is 0 Å². The number of carbonyl (C=O) groups excluding carboxylic acids is 1. The second kappa shape index (κ2) is 7.11. The van der Waals surface area contributed by atoms with Crippen LogP contribution in [-0.2, 0) is 4.79 Å². The van der Waals surface area contributed by atoms with Gasteiger partial charge >= 0.3 is 5.97 Å². The van der Waals surface area contributed by atoms with Gasteiger partial charge in [-0.2, -0.15) is 5.10 Å². The van der Waals surface area contributed by atoms with E-state index < -0.39 is 11.6 Å². The number of amides is 1. The van der Waals surface area contributed by atoms with Crippen molar-refractivity contribution in [1.29, 1.82) is 0 Å². The predicted molar refractivity (Wildman–Crippen MR) is 95.3 cm³/mol. The number of halogens is 1. The largest absolute Gasteiger partial charge is 0.479 e. The fourth-order valence-electron chi connectivity index (χ4n) is 3.33. The van der Waals surface area contributed by atoms with Crippen molar-refractivity contribution in [3.05, 3.63) is 47.5 Å². The molecular formula is C19H22FN3O4. The van der Waals surface area contributed by atoms with Crippen LogP contribution >= 0.6 is 0 Å². The van der Waals surface area contributed by atoms with E-state index in [0.717, 1.165) is 0 Å². The smallest absolute Gasteiger partial charge is 0.335 e. The lowest BCUT2D eigenvalue weighted by molar-refractivity contribution is -0.162. The SMILES string of the molecule is CC(C)c1c(C(=O)N2CCC(O)(C(=O)O)CC2)cnn1-c1ccc(F)cc1. The monoisotopic (exact) mass is 375 g/mol. The fourth-order valence-corrected chi connectivity index (χ4v) is 3.33. The van der Waals surface area contributed by atoms with E-state index in [1.54, 1.807) is 16.8 Å². The summed E-state index contributed by atoms with van der Waals surface area (Å²) in [5.41, 5.74) is -0.00511. The van der Waals surface area contributed by atoms with Gasteiger partial charge in [0, 0.05) is 25.9 Å². The Balaban J connectivity index is 1.88. The van der Waals surface area contributed by atoms with Crippen LogP contribution in [0, 0.1) is 5.82 Å². The lowest BCUT2D eigenvalue weighted by Gasteiger charge is -2.35. The number of hydrogen-bond donors (Lipinski definition) is 2. The molecule has 1 fully saturated rings. The Morgan fingerprint density at radius 2 is 1.78 bits per heavy atom. The zero-order valence-electron chi connectivity index (χ0n) is 15.2. The number of aromatic nitrogens is 2. The van der Waals surface area contributed by atoms with Gasteiger partial charge in [0.25, 0.3) is 5.91 Å². The molecule has 2 heterocycles. The summed E-state index contributed by atoms with van der Waals surface area (Å²) in [5, 5.41) is 23.5. The first-order valence-electron chi connectivity index (χ1n) is 8.82. The average molecular weight is 375 g/mol. The summed E-state index contributed by atoms with van der Waals surface area (Å²) in [6.45, 7) is 4.18. The van der Waals surface area contributed by atoms with Gasteiger partial charge < -0.3 is 15.1 Å². The Hall–Kier alpha value is -2.74. The Bertz CT molecular complexity index is 852. The van der Waals surface area contributed by atoms with Crippen LogP contribution in [0.2, 0.25) is 0 Å². The van der Waals surface area contributed by atoms with Gasteiger partial charge in [0.2, 0.25) is 0 Å². The number of hydrogen-bond acceptors (Lipinski definition) is 4. The summed E-state index contributed by atoms with van der Waals surface area (Å²) >= 11 is 0. The number of likely N-dealkylation sites (tertiary alicyclic amines) is 1. The van der Waals surface area contributed by atoms with Gasteiger partial charge in [-0.05, 0) is 30.2 Å². The van der Waals surface area contributed by atoms with Crippen molar-refractivity contribution < 1.29 is 24.2 Å². The lowest BCUT2D eigenvalue weighted by atomic mass is 9.91. The van der Waals surface area contributed by atoms with Crippen molar-refractivity contribution in [3.63, 3.8) is 0 Å². The molecule has 0 atom stereocenters. The molecule has 7 nitrogen and oxygen atoms in total. The quantitative estimate of drug-likeness (QED) is 0.854. The Kier molecular flexibility index (Phi) is 5.01. The number of carboxylic acid groups (broad SMARTS) is 1. The minimum atomic E-state index is -1.78. The number of piperidine rings is 1. The van der Waals surface area contributed by atoms with Crippen LogP contribution in [0.5, 0.6) is 0 Å². The molecule has 0 spiro atoms. The van der Waals surface area contributed by atoms with Crippen molar-refractivity contribution in [3.8, 4) is 5.69 Å². The van der Waals surface area contributed by atoms with Gasteiger partial charge in [-0.25, -0.2) is 13.9 Å². The summed E-state index contributed by atoms with van der Waals surface area (Å²) in [6.07, 6.45) is 1.45. The highest BCUT2D eigenvalue weighted by atomic mass is 19.1. The minimum absolute atomic E-state index is 0.0164. The van der Waals surface area contributed by atoms with Crippen LogP contribution in [0.25, 0.3) is 5.69 Å². The van der Waals surface area contributed by atoms with E-state index in [4.69, 9.17) is 5.11 Å². The molecule has 2 N–H and O–H groups in total. The van der Waals surface area contributed by atoms with Crippen LogP contribution in [-0.4, -0.2) is 55.5 Å². The molecule has 1 aliphatic heterocycles. The third-order valence-corrected chi connectivity index (χ3v) is 4.93. The maximum absolute atomic E-state index is 13.2. The number of benzene rings is 1. The third-order valence-electron chi connectivity index (χ3n) is 4.93. The molecule has 0 radical (unpaired) electrons. The van der Waals surface area contributed by atoms with Crippen molar-refractivity contribution in [2.24, 2.45) is 0 Å². The second-order valence-electron chi connectivity index (χ2n) is 7.12. The first-order valence-corrected chi connectivity index (χ1v) is 8.82. The molecular weight excluding hydrogens is 353 g/mol. The molecule has 0 aliphatic carbocycles. The van der Waals surface area contributed by atoms with E-state index in [9.17, 15) is 19.1 Å². The molecule has 0 unspecified atom stereocenters. The summed E-state index contributed by atoms with van der Waals surface area (Å²) < 4.78 is 14.8. The molecule has 27 heavy (non-hydrogen) atoms. The molecule has 1 aromatic heterocycles. The zero-order chi connectivity index (χ0) is 19.8. The topological polar surface area (TPSA) is 95.7 Å².